The lowest BCUT2D eigenvalue weighted by atomic mass is 9.76. The van der Waals surface area contributed by atoms with Crippen LogP contribution >= 0.6 is 0 Å². The summed E-state index contributed by atoms with van der Waals surface area (Å²) >= 11 is 0. The summed E-state index contributed by atoms with van der Waals surface area (Å²) < 4.78 is 16.2. The summed E-state index contributed by atoms with van der Waals surface area (Å²) in [5, 5.41) is 24.6. The average Bonchev–Trinajstić information content (AvgIpc) is 2.64. The van der Waals surface area contributed by atoms with Gasteiger partial charge in [0.25, 0.3) is 0 Å². The van der Waals surface area contributed by atoms with E-state index in [1.54, 1.807) is 20.3 Å². The highest BCUT2D eigenvalue weighted by atomic mass is 16.5. The van der Waals surface area contributed by atoms with E-state index in [9.17, 15) is 10.2 Å². The van der Waals surface area contributed by atoms with Gasteiger partial charge in [-0.05, 0) is 46.9 Å². The molecule has 4 rings (SSSR count). The molecule has 0 radical (unpaired) electrons. The van der Waals surface area contributed by atoms with Crippen LogP contribution in [-0.2, 0) is 6.42 Å². The zero-order valence-corrected chi connectivity index (χ0v) is 14.4. The minimum absolute atomic E-state index is 0.0239. The van der Waals surface area contributed by atoms with Crippen molar-refractivity contribution in [3.05, 3.63) is 34.9 Å². The van der Waals surface area contributed by atoms with Gasteiger partial charge in [0.1, 0.15) is 0 Å². The van der Waals surface area contributed by atoms with Crippen LogP contribution in [0.1, 0.15) is 28.8 Å². The van der Waals surface area contributed by atoms with Crippen molar-refractivity contribution in [1.82, 2.24) is 5.32 Å². The van der Waals surface area contributed by atoms with E-state index in [2.05, 4.69) is 5.32 Å². The molecule has 1 heterocycles. The van der Waals surface area contributed by atoms with Gasteiger partial charge in [0.05, 0.1) is 27.4 Å². The van der Waals surface area contributed by atoms with Crippen LogP contribution in [0.2, 0.25) is 0 Å². The molecule has 3 N–H and O–H groups in total. The Hall–Kier alpha value is -2.44. The van der Waals surface area contributed by atoms with Crippen molar-refractivity contribution < 1.29 is 24.4 Å². The monoisotopic (exact) mass is 343 g/mol. The molecule has 0 fully saturated rings. The molecule has 2 atom stereocenters. The van der Waals surface area contributed by atoms with Crippen LogP contribution in [0.4, 0.5) is 0 Å². The Bertz CT molecular complexity index is 848. The highest BCUT2D eigenvalue weighted by molar-refractivity contribution is 5.84. The highest BCUT2D eigenvalue weighted by Crippen LogP contribution is 2.53. The van der Waals surface area contributed by atoms with Crippen LogP contribution in [0, 0.1) is 0 Å². The number of aliphatic hydroxyl groups excluding tert-OH is 1. The maximum absolute atomic E-state index is 10.8. The first kappa shape index (κ1) is 16.1. The minimum atomic E-state index is -0.638. The summed E-state index contributed by atoms with van der Waals surface area (Å²) in [5.41, 5.74) is 4.34. The summed E-state index contributed by atoms with van der Waals surface area (Å²) in [6.45, 7) is 0.466. The van der Waals surface area contributed by atoms with Gasteiger partial charge in [-0.2, -0.15) is 0 Å². The summed E-state index contributed by atoms with van der Waals surface area (Å²) in [7, 11) is 4.70. The van der Waals surface area contributed by atoms with Crippen LogP contribution in [0.5, 0.6) is 23.0 Å². The zero-order chi connectivity index (χ0) is 17.7. The summed E-state index contributed by atoms with van der Waals surface area (Å²) in [6, 6.07) is 5.58. The predicted octanol–water partition coefficient (Wildman–Crippen LogP) is 2.32. The van der Waals surface area contributed by atoms with Gasteiger partial charge in [0, 0.05) is 18.2 Å². The molecule has 1 aliphatic heterocycles. The third kappa shape index (κ3) is 2.25. The zero-order valence-electron chi connectivity index (χ0n) is 14.4. The van der Waals surface area contributed by atoms with Crippen LogP contribution in [0.15, 0.2) is 18.2 Å². The molecule has 0 unspecified atom stereocenters. The number of methoxy groups -OCH3 is 3. The number of phenols is 1. The highest BCUT2D eigenvalue weighted by Gasteiger charge is 2.36. The summed E-state index contributed by atoms with van der Waals surface area (Å²) in [4.78, 5) is 0. The maximum Gasteiger partial charge on any atom is 0.166 e. The van der Waals surface area contributed by atoms with Gasteiger partial charge in [-0.1, -0.05) is 0 Å². The lowest BCUT2D eigenvalue weighted by Gasteiger charge is -2.37. The topological polar surface area (TPSA) is 80.2 Å². The number of hydrogen-bond acceptors (Lipinski definition) is 6. The Morgan fingerprint density at radius 3 is 2.36 bits per heavy atom. The second kappa shape index (κ2) is 5.82. The number of benzene rings is 2. The third-order valence-electron chi connectivity index (χ3n) is 5.12. The maximum atomic E-state index is 10.8. The van der Waals surface area contributed by atoms with E-state index in [1.165, 1.54) is 7.11 Å². The molecule has 2 aromatic carbocycles. The number of fused-ring (bicyclic) bond motifs is 2. The summed E-state index contributed by atoms with van der Waals surface area (Å²) in [6.07, 6.45) is 0.106. The first-order chi connectivity index (χ1) is 12.1. The Kier molecular flexibility index (Phi) is 3.74. The van der Waals surface area contributed by atoms with E-state index in [4.69, 9.17) is 14.2 Å². The Morgan fingerprint density at radius 1 is 1.00 bits per heavy atom. The SMILES string of the molecule is COc1cc2c(cc1OC)-c1c(O)c(OC)cc3c1[C@H](C2)NC[C@@H]3O. The van der Waals surface area contributed by atoms with Gasteiger partial charge in [-0.3, -0.25) is 0 Å². The number of phenolic OH excluding ortho intramolecular Hbond substituents is 1. The molecule has 0 saturated carbocycles. The molecule has 2 aliphatic rings. The molecule has 132 valence electrons. The van der Waals surface area contributed by atoms with Gasteiger partial charge >= 0.3 is 0 Å². The van der Waals surface area contributed by atoms with Crippen molar-refractivity contribution in [3.8, 4) is 34.1 Å². The fourth-order valence-electron chi connectivity index (χ4n) is 3.94. The van der Waals surface area contributed by atoms with Gasteiger partial charge in [0.15, 0.2) is 23.0 Å². The lowest BCUT2D eigenvalue weighted by molar-refractivity contribution is 0.156. The molecule has 0 bridgehead atoms. The van der Waals surface area contributed by atoms with Crippen LogP contribution in [-0.4, -0.2) is 38.1 Å². The molecule has 25 heavy (non-hydrogen) atoms. The van der Waals surface area contributed by atoms with Crippen molar-refractivity contribution in [1.29, 1.82) is 0 Å². The van der Waals surface area contributed by atoms with Crippen molar-refractivity contribution >= 4 is 0 Å². The molecule has 1 aliphatic carbocycles. The van der Waals surface area contributed by atoms with E-state index >= 15 is 0 Å². The van der Waals surface area contributed by atoms with Gasteiger partial charge < -0.3 is 29.7 Å². The molecule has 0 amide bonds. The Morgan fingerprint density at radius 2 is 1.68 bits per heavy atom. The molecule has 6 nitrogen and oxygen atoms in total. The fraction of sp³-hybridized carbons (Fsp3) is 0.368. The Balaban J connectivity index is 2.05. The minimum Gasteiger partial charge on any atom is -0.504 e. The fourth-order valence-corrected chi connectivity index (χ4v) is 3.94. The molecule has 0 aromatic heterocycles. The largest absolute Gasteiger partial charge is 0.504 e. The number of hydrogen-bond donors (Lipinski definition) is 3. The number of rotatable bonds is 3. The van der Waals surface area contributed by atoms with E-state index in [0.717, 1.165) is 28.7 Å². The van der Waals surface area contributed by atoms with Gasteiger partial charge in [0.2, 0.25) is 0 Å². The molecular weight excluding hydrogens is 322 g/mol. The molecule has 2 aromatic rings. The van der Waals surface area contributed by atoms with Crippen molar-refractivity contribution in [2.24, 2.45) is 0 Å². The molecular formula is C19H21NO5. The Labute approximate surface area is 146 Å². The van der Waals surface area contributed by atoms with E-state index in [-0.39, 0.29) is 11.8 Å². The normalized spacial score (nSPS) is 20.5. The van der Waals surface area contributed by atoms with Crippen LogP contribution in [0.3, 0.4) is 0 Å². The van der Waals surface area contributed by atoms with E-state index in [0.29, 0.717) is 29.4 Å². The first-order valence-corrected chi connectivity index (χ1v) is 8.19. The van der Waals surface area contributed by atoms with E-state index < -0.39 is 6.10 Å². The standard InChI is InChI=1S/C19H21NO5/c1-23-14-5-9-4-12-17-11(13(21)8-20-12)7-16(25-3)19(22)18(17)10(9)6-15(14)24-2/h5-7,12-13,20-22H,4,8H2,1-3H3/t12-,13-/m0/s1. The molecule has 6 heteroatoms. The van der Waals surface area contributed by atoms with Crippen LogP contribution < -0.4 is 19.5 Å². The second-order valence-electron chi connectivity index (χ2n) is 6.35. The average molecular weight is 343 g/mol. The third-order valence-corrected chi connectivity index (χ3v) is 5.12. The van der Waals surface area contributed by atoms with Crippen molar-refractivity contribution in [2.45, 2.75) is 18.6 Å². The van der Waals surface area contributed by atoms with Crippen molar-refractivity contribution in [2.75, 3.05) is 27.9 Å². The number of aromatic hydroxyl groups is 1. The van der Waals surface area contributed by atoms with Gasteiger partial charge in [-0.15, -0.1) is 0 Å². The number of ether oxygens (including phenoxy) is 3. The first-order valence-electron chi connectivity index (χ1n) is 8.19. The van der Waals surface area contributed by atoms with Gasteiger partial charge in [-0.25, -0.2) is 0 Å². The van der Waals surface area contributed by atoms with Crippen LogP contribution in [0.25, 0.3) is 11.1 Å². The number of aliphatic hydroxyl groups is 1. The second-order valence-corrected chi connectivity index (χ2v) is 6.35. The predicted molar refractivity (Wildman–Crippen MR) is 92.6 cm³/mol. The van der Waals surface area contributed by atoms with Crippen molar-refractivity contribution in [3.63, 3.8) is 0 Å². The van der Waals surface area contributed by atoms with E-state index in [1.807, 2.05) is 12.1 Å². The lowest BCUT2D eigenvalue weighted by Crippen LogP contribution is -2.36. The quantitative estimate of drug-likeness (QED) is 0.794. The molecule has 0 spiro atoms. The summed E-state index contributed by atoms with van der Waals surface area (Å²) in [5.74, 6) is 1.69. The molecule has 0 saturated heterocycles. The smallest absolute Gasteiger partial charge is 0.166 e. The number of nitrogens with one attached hydrogen (secondary N) is 1. The number of β-amino-alcohol motifs (C(OH)–C–C–N with tert-alkyl or cyclic N) is 1.